The van der Waals surface area contributed by atoms with Crippen molar-refractivity contribution in [3.63, 3.8) is 0 Å². The molecule has 0 unspecified atom stereocenters. The van der Waals surface area contributed by atoms with Gasteiger partial charge in [-0.25, -0.2) is 4.39 Å². The predicted octanol–water partition coefficient (Wildman–Crippen LogP) is 3.96. The fraction of sp³-hybridized carbons (Fsp3) is 0.292. The third-order valence-corrected chi connectivity index (χ3v) is 5.87. The lowest BCUT2D eigenvalue weighted by atomic mass is 10.0. The zero-order valence-corrected chi connectivity index (χ0v) is 18.8. The van der Waals surface area contributed by atoms with Crippen molar-refractivity contribution in [3.05, 3.63) is 58.9 Å². The van der Waals surface area contributed by atoms with Crippen LogP contribution in [-0.4, -0.2) is 36.6 Å². The highest BCUT2D eigenvalue weighted by molar-refractivity contribution is 7.80. The van der Waals surface area contributed by atoms with E-state index in [-0.39, 0.29) is 16.5 Å². The molecule has 0 radical (unpaired) electrons. The van der Waals surface area contributed by atoms with E-state index in [9.17, 15) is 14.0 Å². The molecule has 2 aliphatic heterocycles. The summed E-state index contributed by atoms with van der Waals surface area (Å²) in [6.07, 6.45) is 3.51. The van der Waals surface area contributed by atoms with Crippen molar-refractivity contribution < 1.29 is 18.7 Å². The largest absolute Gasteiger partial charge is 0.494 e. The van der Waals surface area contributed by atoms with E-state index in [4.69, 9.17) is 17.0 Å². The third-order valence-electron chi connectivity index (χ3n) is 5.59. The first-order valence-electron chi connectivity index (χ1n) is 10.6. The molecule has 0 atom stereocenters. The average Bonchev–Trinajstić information content (AvgIpc) is 3.29. The SMILES string of the molecule is CCOc1ccc(N2C(=O)/C(=C/c3cc(F)c(N4CCCC4)cc3C)C(=O)NC2=S)cc1. The molecule has 0 aromatic heterocycles. The van der Waals surface area contributed by atoms with Crippen LogP contribution in [0.2, 0.25) is 0 Å². The maximum Gasteiger partial charge on any atom is 0.270 e. The lowest BCUT2D eigenvalue weighted by molar-refractivity contribution is -0.122. The quantitative estimate of drug-likeness (QED) is 0.422. The Labute approximate surface area is 191 Å². The summed E-state index contributed by atoms with van der Waals surface area (Å²) in [4.78, 5) is 29.1. The molecule has 0 bridgehead atoms. The van der Waals surface area contributed by atoms with Crippen LogP contribution >= 0.6 is 12.2 Å². The number of carbonyl (C=O) groups excluding carboxylic acids is 2. The van der Waals surface area contributed by atoms with Gasteiger partial charge in [-0.05, 0) is 92.5 Å². The summed E-state index contributed by atoms with van der Waals surface area (Å²) in [6.45, 7) is 5.89. The van der Waals surface area contributed by atoms with E-state index in [1.165, 1.54) is 17.0 Å². The predicted molar refractivity (Wildman–Crippen MR) is 126 cm³/mol. The van der Waals surface area contributed by atoms with Gasteiger partial charge in [-0.2, -0.15) is 0 Å². The van der Waals surface area contributed by atoms with Crippen LogP contribution < -0.4 is 19.9 Å². The summed E-state index contributed by atoms with van der Waals surface area (Å²) in [5.74, 6) is -0.875. The molecule has 0 saturated carbocycles. The van der Waals surface area contributed by atoms with Crippen LogP contribution in [0.25, 0.3) is 6.08 Å². The molecule has 8 heteroatoms. The lowest BCUT2D eigenvalue weighted by Gasteiger charge is -2.29. The minimum absolute atomic E-state index is 0.00593. The topological polar surface area (TPSA) is 61.9 Å². The van der Waals surface area contributed by atoms with Gasteiger partial charge in [0.1, 0.15) is 17.1 Å². The zero-order chi connectivity index (χ0) is 22.8. The fourth-order valence-corrected chi connectivity index (χ4v) is 4.22. The van der Waals surface area contributed by atoms with Crippen molar-refractivity contribution in [2.45, 2.75) is 26.7 Å². The maximum absolute atomic E-state index is 14.8. The summed E-state index contributed by atoms with van der Waals surface area (Å²) in [6, 6.07) is 9.99. The number of carbonyl (C=O) groups is 2. The average molecular weight is 454 g/mol. The molecular formula is C24H24FN3O3S. The molecule has 4 rings (SSSR count). The molecule has 2 aliphatic rings. The second-order valence-corrected chi connectivity index (χ2v) is 8.13. The van der Waals surface area contributed by atoms with Gasteiger partial charge in [0.15, 0.2) is 5.11 Å². The zero-order valence-electron chi connectivity index (χ0n) is 18.0. The molecule has 6 nitrogen and oxygen atoms in total. The summed E-state index contributed by atoms with van der Waals surface area (Å²) in [5, 5.41) is 2.55. The van der Waals surface area contributed by atoms with E-state index in [0.717, 1.165) is 31.5 Å². The summed E-state index contributed by atoms with van der Waals surface area (Å²) >= 11 is 5.24. The molecule has 32 heavy (non-hydrogen) atoms. The van der Waals surface area contributed by atoms with Crippen LogP contribution in [0.3, 0.4) is 0 Å². The van der Waals surface area contributed by atoms with Crippen molar-refractivity contribution in [3.8, 4) is 5.75 Å². The molecule has 2 aromatic rings. The number of nitrogens with one attached hydrogen (secondary N) is 1. The molecular weight excluding hydrogens is 429 g/mol. The molecule has 2 aromatic carbocycles. The van der Waals surface area contributed by atoms with E-state index in [2.05, 4.69) is 5.32 Å². The highest BCUT2D eigenvalue weighted by Gasteiger charge is 2.34. The van der Waals surface area contributed by atoms with Crippen molar-refractivity contribution in [2.24, 2.45) is 0 Å². The van der Waals surface area contributed by atoms with Crippen LogP contribution in [0.4, 0.5) is 15.8 Å². The Hall–Kier alpha value is -3.26. The van der Waals surface area contributed by atoms with Gasteiger partial charge in [-0.1, -0.05) is 0 Å². The van der Waals surface area contributed by atoms with Crippen molar-refractivity contribution in [1.29, 1.82) is 0 Å². The van der Waals surface area contributed by atoms with Crippen LogP contribution in [-0.2, 0) is 9.59 Å². The normalized spacial score (nSPS) is 17.8. The van der Waals surface area contributed by atoms with Crippen molar-refractivity contribution in [2.75, 3.05) is 29.5 Å². The smallest absolute Gasteiger partial charge is 0.270 e. The molecule has 0 aliphatic carbocycles. The minimum Gasteiger partial charge on any atom is -0.494 e. The highest BCUT2D eigenvalue weighted by atomic mass is 32.1. The van der Waals surface area contributed by atoms with E-state index < -0.39 is 11.8 Å². The number of anilines is 2. The van der Waals surface area contributed by atoms with Gasteiger partial charge in [0, 0.05) is 13.1 Å². The van der Waals surface area contributed by atoms with Gasteiger partial charge < -0.3 is 9.64 Å². The Morgan fingerprint density at radius 2 is 1.84 bits per heavy atom. The number of nitrogens with zero attached hydrogens (tertiary/aromatic N) is 2. The van der Waals surface area contributed by atoms with Gasteiger partial charge in [0.25, 0.3) is 11.8 Å². The van der Waals surface area contributed by atoms with E-state index in [0.29, 0.717) is 29.3 Å². The summed E-state index contributed by atoms with van der Waals surface area (Å²) in [7, 11) is 0. The first kappa shape index (κ1) is 22.0. The molecule has 2 heterocycles. The lowest BCUT2D eigenvalue weighted by Crippen LogP contribution is -2.54. The number of ether oxygens (including phenoxy) is 1. The van der Waals surface area contributed by atoms with E-state index in [1.807, 2.05) is 18.7 Å². The number of aryl methyl sites for hydroxylation is 1. The van der Waals surface area contributed by atoms with Crippen LogP contribution in [0.15, 0.2) is 42.0 Å². The van der Waals surface area contributed by atoms with Gasteiger partial charge in [0.2, 0.25) is 0 Å². The second kappa shape index (κ2) is 9.08. The second-order valence-electron chi connectivity index (χ2n) is 7.74. The number of rotatable bonds is 5. The van der Waals surface area contributed by atoms with E-state index in [1.54, 1.807) is 30.3 Å². The Morgan fingerprint density at radius 3 is 2.50 bits per heavy atom. The molecule has 1 N–H and O–H groups in total. The summed E-state index contributed by atoms with van der Waals surface area (Å²) < 4.78 is 20.3. The number of hydrogen-bond acceptors (Lipinski definition) is 5. The molecule has 166 valence electrons. The van der Waals surface area contributed by atoms with Crippen LogP contribution in [0.5, 0.6) is 5.75 Å². The van der Waals surface area contributed by atoms with Crippen molar-refractivity contribution >= 4 is 46.6 Å². The van der Waals surface area contributed by atoms with E-state index >= 15 is 0 Å². The Kier molecular flexibility index (Phi) is 6.23. The van der Waals surface area contributed by atoms with Gasteiger partial charge in [-0.15, -0.1) is 0 Å². The number of halogens is 1. The highest BCUT2D eigenvalue weighted by Crippen LogP contribution is 2.29. The standard InChI is InChI=1S/C24H24FN3O3S/c1-3-31-18-8-6-17(7-9-18)28-23(30)19(22(29)26-24(28)32)13-16-14-20(25)21(12-15(16)2)27-10-4-5-11-27/h6-9,12-14H,3-5,10-11H2,1-2H3,(H,26,29,32)/b19-13+. The minimum atomic E-state index is -0.606. The van der Waals surface area contributed by atoms with Gasteiger partial charge >= 0.3 is 0 Å². The third kappa shape index (κ3) is 4.23. The first-order valence-corrected chi connectivity index (χ1v) is 11.0. The van der Waals surface area contributed by atoms with Gasteiger partial charge in [0.05, 0.1) is 18.0 Å². The molecule has 2 saturated heterocycles. The number of hydrogen-bond donors (Lipinski definition) is 1. The molecule has 0 spiro atoms. The summed E-state index contributed by atoms with van der Waals surface area (Å²) in [5.41, 5.74) is 2.20. The van der Waals surface area contributed by atoms with Crippen molar-refractivity contribution in [1.82, 2.24) is 5.32 Å². The Morgan fingerprint density at radius 1 is 1.16 bits per heavy atom. The Bertz CT molecular complexity index is 1110. The fourth-order valence-electron chi connectivity index (χ4n) is 3.94. The van der Waals surface area contributed by atoms with Crippen LogP contribution in [0.1, 0.15) is 30.9 Å². The van der Waals surface area contributed by atoms with Crippen LogP contribution in [0, 0.1) is 12.7 Å². The maximum atomic E-state index is 14.8. The number of thiocarbonyl (C=S) groups is 1. The first-order chi connectivity index (χ1) is 15.4. The van der Waals surface area contributed by atoms with Gasteiger partial charge in [-0.3, -0.25) is 19.8 Å². The number of benzene rings is 2. The Balaban J connectivity index is 1.66. The number of amides is 2. The molecule has 2 amide bonds. The molecule has 2 fully saturated rings. The monoisotopic (exact) mass is 453 g/mol.